The number of aromatic nitrogens is 2. The van der Waals surface area contributed by atoms with Crippen LogP contribution in [0.1, 0.15) is 44.1 Å². The first-order chi connectivity index (χ1) is 11.5. The zero-order valence-corrected chi connectivity index (χ0v) is 15.8. The van der Waals surface area contributed by atoms with Crippen LogP contribution in [0.2, 0.25) is 0 Å². The Morgan fingerprint density at radius 1 is 1.25 bits per heavy atom. The van der Waals surface area contributed by atoms with E-state index in [0.29, 0.717) is 6.54 Å². The topological polar surface area (TPSA) is 62.2 Å². The minimum atomic E-state index is 0.112. The molecule has 0 fully saturated rings. The van der Waals surface area contributed by atoms with Crippen LogP contribution >= 0.6 is 11.3 Å². The molecule has 0 aliphatic rings. The SMILES string of the molecule is CCNC(=NCc1ccccn1)NCCc1nc(C(C)(C)C)cs1. The monoisotopic (exact) mass is 345 g/mol. The second kappa shape index (κ2) is 8.78. The van der Waals surface area contributed by atoms with E-state index in [4.69, 9.17) is 4.98 Å². The highest BCUT2D eigenvalue weighted by Crippen LogP contribution is 2.23. The average molecular weight is 346 g/mol. The van der Waals surface area contributed by atoms with Crippen molar-refractivity contribution in [2.24, 2.45) is 4.99 Å². The Morgan fingerprint density at radius 3 is 2.71 bits per heavy atom. The summed E-state index contributed by atoms with van der Waals surface area (Å²) in [6.45, 7) is 10.9. The van der Waals surface area contributed by atoms with E-state index in [1.54, 1.807) is 17.5 Å². The van der Waals surface area contributed by atoms with Gasteiger partial charge < -0.3 is 10.6 Å². The van der Waals surface area contributed by atoms with Gasteiger partial charge in [-0.2, -0.15) is 0 Å². The number of rotatable bonds is 6. The van der Waals surface area contributed by atoms with Crippen LogP contribution in [0, 0.1) is 0 Å². The van der Waals surface area contributed by atoms with Crippen molar-refractivity contribution in [2.45, 2.75) is 46.1 Å². The highest BCUT2D eigenvalue weighted by Gasteiger charge is 2.17. The predicted octanol–water partition coefficient (Wildman–Crippen LogP) is 3.13. The number of pyridine rings is 1. The van der Waals surface area contributed by atoms with Crippen molar-refractivity contribution in [3.05, 3.63) is 46.2 Å². The van der Waals surface area contributed by atoms with E-state index in [0.717, 1.165) is 36.2 Å². The Balaban J connectivity index is 1.86. The molecule has 0 aliphatic heterocycles. The van der Waals surface area contributed by atoms with Gasteiger partial charge >= 0.3 is 0 Å². The smallest absolute Gasteiger partial charge is 0.191 e. The summed E-state index contributed by atoms with van der Waals surface area (Å²) in [6, 6.07) is 5.88. The molecule has 2 rings (SSSR count). The van der Waals surface area contributed by atoms with E-state index >= 15 is 0 Å². The maximum absolute atomic E-state index is 4.73. The van der Waals surface area contributed by atoms with Gasteiger partial charge in [-0.1, -0.05) is 26.8 Å². The Morgan fingerprint density at radius 2 is 2.08 bits per heavy atom. The van der Waals surface area contributed by atoms with Gasteiger partial charge in [0, 0.05) is 36.5 Å². The Hall–Kier alpha value is -1.95. The zero-order valence-electron chi connectivity index (χ0n) is 15.0. The lowest BCUT2D eigenvalue weighted by molar-refractivity contribution is 0.570. The number of aliphatic imine (C=N–C) groups is 1. The fourth-order valence-electron chi connectivity index (χ4n) is 2.05. The van der Waals surface area contributed by atoms with E-state index in [1.807, 2.05) is 18.2 Å². The van der Waals surface area contributed by atoms with Gasteiger partial charge in [0.1, 0.15) is 0 Å². The van der Waals surface area contributed by atoms with Crippen molar-refractivity contribution in [1.29, 1.82) is 0 Å². The molecule has 2 aromatic heterocycles. The molecule has 2 N–H and O–H groups in total. The van der Waals surface area contributed by atoms with E-state index in [1.165, 1.54) is 5.69 Å². The second-order valence-electron chi connectivity index (χ2n) is 6.57. The minimum Gasteiger partial charge on any atom is -0.357 e. The molecule has 2 heterocycles. The van der Waals surface area contributed by atoms with Gasteiger partial charge in [-0.3, -0.25) is 4.98 Å². The van der Waals surface area contributed by atoms with Crippen LogP contribution in [0.25, 0.3) is 0 Å². The van der Waals surface area contributed by atoms with E-state index in [-0.39, 0.29) is 5.41 Å². The molecule has 5 nitrogen and oxygen atoms in total. The molecule has 0 amide bonds. The molecule has 2 aromatic rings. The lowest BCUT2D eigenvalue weighted by Gasteiger charge is -2.14. The van der Waals surface area contributed by atoms with Crippen molar-refractivity contribution in [1.82, 2.24) is 20.6 Å². The molecule has 0 unspecified atom stereocenters. The van der Waals surface area contributed by atoms with Crippen LogP contribution in [0.4, 0.5) is 0 Å². The number of nitrogens with one attached hydrogen (secondary N) is 2. The molecule has 0 aliphatic carbocycles. The van der Waals surface area contributed by atoms with E-state index in [2.05, 4.69) is 53.7 Å². The van der Waals surface area contributed by atoms with Crippen LogP contribution in [0.3, 0.4) is 0 Å². The average Bonchev–Trinajstić information content (AvgIpc) is 3.03. The molecule has 0 saturated carbocycles. The number of guanidine groups is 1. The summed E-state index contributed by atoms with van der Waals surface area (Å²) in [5.74, 6) is 0.816. The third-order valence-electron chi connectivity index (χ3n) is 3.42. The summed E-state index contributed by atoms with van der Waals surface area (Å²) in [4.78, 5) is 13.6. The van der Waals surface area contributed by atoms with Gasteiger partial charge in [0.15, 0.2) is 5.96 Å². The molecular formula is C18H27N5S. The van der Waals surface area contributed by atoms with Crippen molar-refractivity contribution < 1.29 is 0 Å². The first kappa shape index (κ1) is 18.4. The third-order valence-corrected chi connectivity index (χ3v) is 4.33. The maximum atomic E-state index is 4.73. The van der Waals surface area contributed by atoms with Gasteiger partial charge in [0.25, 0.3) is 0 Å². The number of nitrogens with zero attached hydrogens (tertiary/aromatic N) is 3. The maximum Gasteiger partial charge on any atom is 0.191 e. The Bertz CT molecular complexity index is 643. The number of hydrogen-bond acceptors (Lipinski definition) is 4. The molecule has 0 radical (unpaired) electrons. The standard InChI is InChI=1S/C18H27N5S/c1-5-19-17(22-12-14-8-6-7-10-20-14)21-11-9-16-23-15(13-24-16)18(2,3)4/h6-8,10,13H,5,9,11-12H2,1-4H3,(H2,19,21,22). The first-order valence-corrected chi connectivity index (χ1v) is 9.24. The molecule has 0 bridgehead atoms. The molecule has 0 saturated heterocycles. The summed E-state index contributed by atoms with van der Waals surface area (Å²) in [5.41, 5.74) is 2.24. The van der Waals surface area contributed by atoms with E-state index < -0.39 is 0 Å². The highest BCUT2D eigenvalue weighted by atomic mass is 32.1. The highest BCUT2D eigenvalue weighted by molar-refractivity contribution is 7.09. The molecule has 0 atom stereocenters. The summed E-state index contributed by atoms with van der Waals surface area (Å²) < 4.78 is 0. The van der Waals surface area contributed by atoms with Gasteiger partial charge in [-0.05, 0) is 19.1 Å². The van der Waals surface area contributed by atoms with Gasteiger partial charge in [0.2, 0.25) is 0 Å². The molecular weight excluding hydrogens is 318 g/mol. The van der Waals surface area contributed by atoms with Crippen molar-refractivity contribution in [3.63, 3.8) is 0 Å². The predicted molar refractivity (Wildman–Crippen MR) is 102 cm³/mol. The van der Waals surface area contributed by atoms with Crippen molar-refractivity contribution >= 4 is 17.3 Å². The van der Waals surface area contributed by atoms with Crippen LogP contribution in [0.5, 0.6) is 0 Å². The largest absolute Gasteiger partial charge is 0.357 e. The first-order valence-electron chi connectivity index (χ1n) is 8.36. The van der Waals surface area contributed by atoms with Crippen LogP contribution in [0.15, 0.2) is 34.8 Å². The second-order valence-corrected chi connectivity index (χ2v) is 7.51. The lowest BCUT2D eigenvalue weighted by Crippen LogP contribution is -2.38. The quantitative estimate of drug-likeness (QED) is 0.624. The molecule has 0 spiro atoms. The fourth-order valence-corrected chi connectivity index (χ4v) is 3.08. The van der Waals surface area contributed by atoms with Crippen LogP contribution < -0.4 is 10.6 Å². The summed E-state index contributed by atoms with van der Waals surface area (Å²) >= 11 is 1.73. The lowest BCUT2D eigenvalue weighted by atomic mass is 9.93. The molecule has 130 valence electrons. The normalized spacial score (nSPS) is 12.2. The molecule has 6 heteroatoms. The van der Waals surface area contributed by atoms with E-state index in [9.17, 15) is 0 Å². The number of hydrogen-bond donors (Lipinski definition) is 2. The van der Waals surface area contributed by atoms with Crippen molar-refractivity contribution in [2.75, 3.05) is 13.1 Å². The Kier molecular flexibility index (Phi) is 6.73. The summed E-state index contributed by atoms with van der Waals surface area (Å²) in [7, 11) is 0. The van der Waals surface area contributed by atoms with Crippen LogP contribution in [-0.4, -0.2) is 29.0 Å². The van der Waals surface area contributed by atoms with Gasteiger partial charge in [0.05, 0.1) is 22.9 Å². The number of thiazole rings is 1. The third kappa shape index (κ3) is 5.92. The zero-order chi connectivity index (χ0) is 17.4. The van der Waals surface area contributed by atoms with Crippen molar-refractivity contribution in [3.8, 4) is 0 Å². The fraction of sp³-hybridized carbons (Fsp3) is 0.500. The van der Waals surface area contributed by atoms with Gasteiger partial charge in [-0.25, -0.2) is 9.98 Å². The molecule has 0 aromatic carbocycles. The van der Waals surface area contributed by atoms with Gasteiger partial charge in [-0.15, -0.1) is 11.3 Å². The molecule has 24 heavy (non-hydrogen) atoms. The Labute approximate surface area is 148 Å². The summed E-state index contributed by atoms with van der Waals surface area (Å²) in [5, 5.41) is 9.95. The minimum absolute atomic E-state index is 0.112. The van der Waals surface area contributed by atoms with Crippen LogP contribution in [-0.2, 0) is 18.4 Å². The summed E-state index contributed by atoms with van der Waals surface area (Å²) in [6.07, 6.45) is 2.69.